The summed E-state index contributed by atoms with van der Waals surface area (Å²) in [6.45, 7) is 2.02. The molecular formula is C21H15N5O5S. The highest BCUT2D eigenvalue weighted by atomic mass is 32.1. The van der Waals surface area contributed by atoms with Crippen molar-refractivity contribution < 1.29 is 19.2 Å². The lowest BCUT2D eigenvalue weighted by molar-refractivity contribution is -0.384. The Morgan fingerprint density at radius 2 is 1.97 bits per heavy atom. The van der Waals surface area contributed by atoms with Gasteiger partial charge >= 0.3 is 0 Å². The van der Waals surface area contributed by atoms with E-state index < -0.39 is 4.92 Å². The molecule has 11 heteroatoms. The molecule has 0 atom stereocenters. The molecule has 160 valence electrons. The zero-order valence-electron chi connectivity index (χ0n) is 16.6. The van der Waals surface area contributed by atoms with Crippen molar-refractivity contribution in [2.45, 2.75) is 6.92 Å². The Kier molecular flexibility index (Phi) is 4.79. The van der Waals surface area contributed by atoms with Crippen molar-refractivity contribution in [1.82, 2.24) is 14.8 Å². The first-order valence-corrected chi connectivity index (χ1v) is 10.3. The second kappa shape index (κ2) is 7.78. The fourth-order valence-electron chi connectivity index (χ4n) is 3.18. The number of nitro groups is 1. The first-order valence-electron chi connectivity index (χ1n) is 9.47. The zero-order valence-corrected chi connectivity index (χ0v) is 17.5. The average molecular weight is 449 g/mol. The van der Waals surface area contributed by atoms with Gasteiger partial charge in [-0.3, -0.25) is 14.9 Å². The van der Waals surface area contributed by atoms with E-state index in [4.69, 9.17) is 9.47 Å². The number of aromatic nitrogens is 3. The van der Waals surface area contributed by atoms with Gasteiger partial charge in [0.25, 0.3) is 5.69 Å². The van der Waals surface area contributed by atoms with Crippen LogP contribution in [0, 0.1) is 17.0 Å². The minimum atomic E-state index is -0.473. The molecule has 0 aliphatic carbocycles. The largest absolute Gasteiger partial charge is 0.454 e. The SMILES string of the molecule is Cc1cc(NC(=O)/C=C\c2ccc([N+](=O)[O-])cc2)n(-c2nc3cc4c(cc3s2)OCO4)n1. The van der Waals surface area contributed by atoms with Gasteiger partial charge in [0.1, 0.15) is 5.82 Å². The molecule has 10 nitrogen and oxygen atoms in total. The van der Waals surface area contributed by atoms with Crippen LogP contribution in [-0.2, 0) is 4.79 Å². The smallest absolute Gasteiger partial charge is 0.269 e. The van der Waals surface area contributed by atoms with Crippen LogP contribution in [0.4, 0.5) is 11.5 Å². The predicted molar refractivity (Wildman–Crippen MR) is 118 cm³/mol. The van der Waals surface area contributed by atoms with E-state index in [2.05, 4.69) is 15.4 Å². The number of nitro benzene ring substituents is 1. The first-order chi connectivity index (χ1) is 15.5. The van der Waals surface area contributed by atoms with E-state index in [0.717, 1.165) is 10.2 Å². The average Bonchev–Trinajstić information content (AvgIpc) is 3.48. The summed E-state index contributed by atoms with van der Waals surface area (Å²) in [5.74, 6) is 1.43. The number of carbonyl (C=O) groups excluding carboxylic acids is 1. The lowest BCUT2D eigenvalue weighted by Gasteiger charge is -2.04. The number of non-ortho nitro benzene ring substituents is 1. The molecule has 0 fully saturated rings. The third-order valence-electron chi connectivity index (χ3n) is 4.67. The van der Waals surface area contributed by atoms with Crippen molar-refractivity contribution in [3.05, 3.63) is 69.9 Å². The predicted octanol–water partition coefficient (Wildman–Crippen LogP) is 4.08. The Morgan fingerprint density at radius 1 is 1.22 bits per heavy atom. The zero-order chi connectivity index (χ0) is 22.2. The van der Waals surface area contributed by atoms with Gasteiger partial charge in [-0.05, 0) is 30.7 Å². The number of nitrogens with zero attached hydrogens (tertiary/aromatic N) is 4. The van der Waals surface area contributed by atoms with Crippen molar-refractivity contribution >= 4 is 45.0 Å². The van der Waals surface area contributed by atoms with E-state index in [1.54, 1.807) is 29.0 Å². The molecule has 4 aromatic rings. The number of aryl methyl sites for hydroxylation is 1. The van der Waals surface area contributed by atoms with Gasteiger partial charge in [-0.25, -0.2) is 4.98 Å². The van der Waals surface area contributed by atoms with Gasteiger partial charge in [-0.15, -0.1) is 0 Å². The van der Waals surface area contributed by atoms with Crippen LogP contribution >= 0.6 is 11.3 Å². The molecular weight excluding hydrogens is 434 g/mol. The molecule has 0 bridgehead atoms. The van der Waals surface area contributed by atoms with E-state index in [1.165, 1.54) is 29.5 Å². The van der Waals surface area contributed by atoms with E-state index in [0.29, 0.717) is 33.7 Å². The Labute approximate surface area is 184 Å². The maximum absolute atomic E-state index is 12.5. The monoisotopic (exact) mass is 449 g/mol. The third kappa shape index (κ3) is 3.76. The van der Waals surface area contributed by atoms with Gasteiger partial charge in [-0.1, -0.05) is 11.3 Å². The number of nitrogens with one attached hydrogen (secondary N) is 1. The van der Waals surface area contributed by atoms with Crippen molar-refractivity contribution in [2.24, 2.45) is 0 Å². The normalized spacial score (nSPS) is 12.5. The van der Waals surface area contributed by atoms with Gasteiger partial charge in [0, 0.05) is 36.4 Å². The Hall–Kier alpha value is -4.25. The van der Waals surface area contributed by atoms with E-state index >= 15 is 0 Å². The number of hydrogen-bond acceptors (Lipinski definition) is 8. The minimum Gasteiger partial charge on any atom is -0.454 e. The molecule has 3 heterocycles. The minimum absolute atomic E-state index is 0.00910. The number of anilines is 1. The fourth-order valence-corrected chi connectivity index (χ4v) is 4.12. The molecule has 32 heavy (non-hydrogen) atoms. The van der Waals surface area contributed by atoms with E-state index in [1.807, 2.05) is 19.1 Å². The Balaban J connectivity index is 1.37. The summed E-state index contributed by atoms with van der Waals surface area (Å²) in [5, 5.41) is 18.6. The summed E-state index contributed by atoms with van der Waals surface area (Å²) in [4.78, 5) is 27.3. The molecule has 0 unspecified atom stereocenters. The first kappa shape index (κ1) is 19.7. The fraction of sp³-hybridized carbons (Fsp3) is 0.0952. The summed E-state index contributed by atoms with van der Waals surface area (Å²) in [7, 11) is 0. The molecule has 2 aromatic carbocycles. The molecule has 0 spiro atoms. The van der Waals surface area contributed by atoms with Crippen molar-refractivity contribution in [1.29, 1.82) is 0 Å². The summed E-state index contributed by atoms with van der Waals surface area (Å²) >= 11 is 1.41. The summed E-state index contributed by atoms with van der Waals surface area (Å²) < 4.78 is 13.3. The second-order valence-electron chi connectivity index (χ2n) is 6.92. The maximum atomic E-state index is 12.5. The van der Waals surface area contributed by atoms with Gasteiger partial charge in [0.2, 0.25) is 17.8 Å². The van der Waals surface area contributed by atoms with Crippen LogP contribution in [-0.4, -0.2) is 32.4 Å². The van der Waals surface area contributed by atoms with Crippen LogP contribution < -0.4 is 14.8 Å². The highest BCUT2D eigenvalue weighted by molar-refractivity contribution is 7.20. The Bertz CT molecular complexity index is 1350. The molecule has 5 rings (SSSR count). The highest BCUT2D eigenvalue weighted by Crippen LogP contribution is 2.38. The molecule has 1 amide bonds. The van der Waals surface area contributed by atoms with Crippen LogP contribution in [0.25, 0.3) is 21.4 Å². The third-order valence-corrected chi connectivity index (χ3v) is 5.66. The molecule has 0 saturated heterocycles. The second-order valence-corrected chi connectivity index (χ2v) is 7.93. The van der Waals surface area contributed by atoms with Gasteiger partial charge in [-0.2, -0.15) is 9.78 Å². The van der Waals surface area contributed by atoms with Crippen LogP contribution in [0.1, 0.15) is 11.3 Å². The highest BCUT2D eigenvalue weighted by Gasteiger charge is 2.19. The molecule has 0 saturated carbocycles. The number of thiazole rings is 1. The molecule has 1 N–H and O–H groups in total. The van der Waals surface area contributed by atoms with Crippen LogP contribution in [0.5, 0.6) is 11.5 Å². The van der Waals surface area contributed by atoms with Crippen molar-refractivity contribution in [2.75, 3.05) is 12.1 Å². The maximum Gasteiger partial charge on any atom is 0.269 e. The number of ether oxygens (including phenoxy) is 2. The molecule has 2 aromatic heterocycles. The van der Waals surface area contributed by atoms with Gasteiger partial charge in [0.15, 0.2) is 11.5 Å². The van der Waals surface area contributed by atoms with Gasteiger partial charge < -0.3 is 14.8 Å². The van der Waals surface area contributed by atoms with Crippen molar-refractivity contribution in [3.63, 3.8) is 0 Å². The Morgan fingerprint density at radius 3 is 2.72 bits per heavy atom. The summed E-state index contributed by atoms with van der Waals surface area (Å²) in [6, 6.07) is 11.4. The van der Waals surface area contributed by atoms with Crippen LogP contribution in [0.15, 0.2) is 48.5 Å². The lowest BCUT2D eigenvalue weighted by atomic mass is 10.2. The number of hydrogen-bond donors (Lipinski definition) is 1. The number of rotatable bonds is 5. The van der Waals surface area contributed by atoms with E-state index in [9.17, 15) is 14.9 Å². The number of fused-ring (bicyclic) bond motifs is 2. The lowest BCUT2D eigenvalue weighted by Crippen LogP contribution is -2.12. The van der Waals surface area contributed by atoms with E-state index in [-0.39, 0.29) is 18.4 Å². The van der Waals surface area contributed by atoms with Crippen molar-refractivity contribution in [3.8, 4) is 16.6 Å². The number of carbonyl (C=O) groups is 1. The summed E-state index contributed by atoms with van der Waals surface area (Å²) in [5.41, 5.74) is 2.12. The number of benzene rings is 2. The standard InChI is InChI=1S/C21H15N5O5S/c1-12-8-19(23-20(27)7-4-13-2-5-14(6-3-13)26(28)29)25(24-12)21-22-15-9-16-17(31-11-30-16)10-18(15)32-21/h2-10H,11H2,1H3,(H,23,27)/b7-4-. The quantitative estimate of drug-likeness (QED) is 0.277. The molecule has 1 aliphatic rings. The number of amides is 1. The molecule has 0 radical (unpaired) electrons. The topological polar surface area (TPSA) is 121 Å². The summed E-state index contributed by atoms with van der Waals surface area (Å²) in [6.07, 6.45) is 2.93. The molecule has 1 aliphatic heterocycles. The van der Waals surface area contributed by atoms with Gasteiger partial charge in [0.05, 0.1) is 20.8 Å². The van der Waals surface area contributed by atoms with Crippen LogP contribution in [0.3, 0.4) is 0 Å². The van der Waals surface area contributed by atoms with Crippen LogP contribution in [0.2, 0.25) is 0 Å².